The average molecular weight is 595 g/mol. The van der Waals surface area contributed by atoms with Crippen molar-refractivity contribution in [2.75, 3.05) is 5.75 Å². The first-order chi connectivity index (χ1) is 18.9. The highest BCUT2D eigenvalue weighted by atomic mass is 32.2. The van der Waals surface area contributed by atoms with Gasteiger partial charge in [-0.2, -0.15) is 0 Å². The van der Waals surface area contributed by atoms with E-state index in [-0.39, 0.29) is 28.8 Å². The van der Waals surface area contributed by atoms with E-state index in [2.05, 4.69) is 27.7 Å². The Morgan fingerprint density at radius 2 is 2.00 bits per heavy atom. The molecule has 0 radical (unpaired) electrons. The molecule has 2 unspecified atom stereocenters. The summed E-state index contributed by atoms with van der Waals surface area (Å²) in [6, 6.07) is -1.14. The number of rotatable bonds is 10. The fourth-order valence-corrected chi connectivity index (χ4v) is 5.28. The van der Waals surface area contributed by atoms with Crippen LogP contribution < -0.4 is 22.6 Å². The molecule has 1 fully saturated rings. The number of aryl methyl sites for hydroxylation is 1. The molecule has 0 bridgehead atoms. The quantitative estimate of drug-likeness (QED) is 0.0408. The highest BCUT2D eigenvalue weighted by Crippen LogP contribution is 2.41. The molecule has 2 aliphatic heterocycles. The molecule has 15 nitrogen and oxygen atoms in total. The van der Waals surface area contributed by atoms with Crippen molar-refractivity contribution >= 4 is 64.2 Å². The molecule has 17 heteroatoms. The third kappa shape index (κ3) is 6.48. The van der Waals surface area contributed by atoms with Gasteiger partial charge < -0.3 is 35.6 Å². The number of hydrogen-bond acceptors (Lipinski definition) is 12. The molecule has 1 saturated heterocycles. The zero-order valence-corrected chi connectivity index (χ0v) is 23.2. The molecule has 3 rings (SSSR count). The maximum absolute atomic E-state index is 13.3. The molecule has 2 amide bonds. The lowest BCUT2D eigenvalue weighted by Gasteiger charge is -2.49. The van der Waals surface area contributed by atoms with Gasteiger partial charge in [0.15, 0.2) is 34.9 Å². The summed E-state index contributed by atoms with van der Waals surface area (Å²) in [6.45, 7) is 4.29. The largest absolute Gasteiger partial charge is 0.519 e. The zero-order valence-electron chi connectivity index (χ0n) is 21.6. The van der Waals surface area contributed by atoms with Gasteiger partial charge in [-0.3, -0.25) is 19.3 Å². The zero-order chi connectivity index (χ0) is 29.7. The van der Waals surface area contributed by atoms with Crippen LogP contribution in [-0.2, 0) is 30.5 Å². The summed E-state index contributed by atoms with van der Waals surface area (Å²) >= 11 is 5.81. The minimum atomic E-state index is -1.14. The number of allylic oxidation sites excluding steroid dienone is 2. The van der Waals surface area contributed by atoms with Crippen LogP contribution in [0.4, 0.5) is 0 Å². The Bertz CT molecular complexity index is 1440. The van der Waals surface area contributed by atoms with Gasteiger partial charge in [0.2, 0.25) is 5.71 Å². The second-order valence-corrected chi connectivity index (χ2v) is 10.0. The Labute approximate surface area is 236 Å². The van der Waals surface area contributed by atoms with E-state index in [1.54, 1.807) is 6.08 Å². The molecule has 1 aromatic heterocycles. The van der Waals surface area contributed by atoms with Crippen LogP contribution in [0.1, 0.15) is 38.2 Å². The molecule has 214 valence electrons. The van der Waals surface area contributed by atoms with Crippen LogP contribution in [0.2, 0.25) is 0 Å². The summed E-state index contributed by atoms with van der Waals surface area (Å²) in [6.07, 6.45) is 2.66. The number of thioether (sulfide) groups is 1. The van der Waals surface area contributed by atoms with Crippen molar-refractivity contribution in [2.45, 2.75) is 51.6 Å². The molecule has 0 saturated carbocycles. The number of ketones is 1. The second kappa shape index (κ2) is 12.7. The number of carbonyl (C=O) groups is 4. The monoisotopic (exact) mass is 594 g/mol. The van der Waals surface area contributed by atoms with Gasteiger partial charge in [-0.1, -0.05) is 18.5 Å². The van der Waals surface area contributed by atoms with Crippen LogP contribution in [-0.4, -0.2) is 67.5 Å². The molecule has 6 N–H and O–H groups in total. The number of amides is 2. The van der Waals surface area contributed by atoms with E-state index in [1.165, 1.54) is 25.6 Å². The number of aliphatic imine (C=N–C) groups is 1. The fraction of sp³-hybridized carbons (Fsp3) is 0.391. The average Bonchev–Trinajstić information content (AvgIpc) is 3.21. The molecule has 1 aromatic rings. The van der Waals surface area contributed by atoms with E-state index in [0.29, 0.717) is 24.0 Å². The lowest BCUT2D eigenvalue weighted by molar-refractivity contribution is -0.153. The minimum Gasteiger partial charge on any atom is -0.453 e. The molecule has 0 spiro atoms. The van der Waals surface area contributed by atoms with Crippen LogP contribution in [0, 0.1) is 6.92 Å². The third-order valence-corrected chi connectivity index (χ3v) is 7.15. The van der Waals surface area contributed by atoms with Gasteiger partial charge in [0.1, 0.15) is 17.1 Å². The summed E-state index contributed by atoms with van der Waals surface area (Å²) in [5.41, 5.74) is 10.8. The van der Waals surface area contributed by atoms with Crippen molar-refractivity contribution in [3.05, 3.63) is 45.1 Å². The van der Waals surface area contributed by atoms with Crippen molar-refractivity contribution < 1.29 is 38.0 Å². The maximum Gasteiger partial charge on any atom is 0.519 e. The van der Waals surface area contributed by atoms with Crippen molar-refractivity contribution in [1.82, 2.24) is 10.2 Å². The lowest BCUT2D eigenvalue weighted by atomic mass is 9.99. The Hall–Kier alpha value is -4.25. The van der Waals surface area contributed by atoms with Gasteiger partial charge in [0.25, 0.3) is 11.8 Å². The third-order valence-electron chi connectivity index (χ3n) is 5.76. The van der Waals surface area contributed by atoms with Crippen molar-refractivity contribution in [3.63, 3.8) is 0 Å². The van der Waals surface area contributed by atoms with Gasteiger partial charge >= 0.3 is 11.8 Å². The fourth-order valence-electron chi connectivity index (χ4n) is 3.87. The van der Waals surface area contributed by atoms with E-state index in [0.717, 1.165) is 4.90 Å². The van der Waals surface area contributed by atoms with Gasteiger partial charge in [0, 0.05) is 5.75 Å². The van der Waals surface area contributed by atoms with Crippen LogP contribution >= 0.6 is 24.0 Å². The highest BCUT2D eigenvalue weighted by molar-refractivity contribution is 8.00. The van der Waals surface area contributed by atoms with Gasteiger partial charge in [-0.25, -0.2) is 14.6 Å². The summed E-state index contributed by atoms with van der Waals surface area (Å²) < 4.78 is 15.0. The predicted molar refractivity (Wildman–Crippen MR) is 145 cm³/mol. The topological polar surface area (TPSA) is 233 Å². The highest BCUT2D eigenvalue weighted by Gasteiger charge is 2.54. The van der Waals surface area contributed by atoms with Crippen LogP contribution in [0.3, 0.4) is 0 Å². The van der Waals surface area contributed by atoms with Crippen LogP contribution in [0.15, 0.2) is 46.7 Å². The number of nitrogens with zero attached hydrogens (tertiary/aromatic N) is 3. The van der Waals surface area contributed by atoms with E-state index < -0.39 is 58.3 Å². The normalized spacial score (nSPS) is 19.6. The first-order valence-electron chi connectivity index (χ1n) is 11.7. The number of ether oxygens (including phenoxy) is 1. The number of β-lactam (4-membered cyclic amide) rings is 1. The number of Topliss-reactive ketones (excluding diaryl/α,β-unsaturated/α-hetero) is 1. The molecule has 0 aliphatic carbocycles. The first-order valence-corrected chi connectivity index (χ1v) is 13.2. The summed E-state index contributed by atoms with van der Waals surface area (Å²) in [4.78, 5) is 67.3. The van der Waals surface area contributed by atoms with Crippen molar-refractivity contribution in [2.24, 2.45) is 21.6 Å². The van der Waals surface area contributed by atoms with Gasteiger partial charge in [-0.15, -0.1) is 11.8 Å². The molecule has 40 heavy (non-hydrogen) atoms. The first kappa shape index (κ1) is 30.3. The number of hydrogen-bond donors (Lipinski definition) is 4. The second-order valence-electron chi connectivity index (χ2n) is 8.50. The molecule has 2 atom stereocenters. The lowest BCUT2D eigenvalue weighted by Crippen LogP contribution is -2.71. The Balaban J connectivity index is 1.92. The number of fused-ring (bicyclic) bond motifs is 1. The number of esters is 1. The number of carbonyl (C=O) groups excluding carboxylic acids is 4. The Kier molecular flexibility index (Phi) is 9.65. The SMILES string of the molecule is CCC/C(=C\C1=C(C(=O)OCc2oc(=O)oc2C)N2C(=O)C(NC(=O)C(=N\O)/C(N)=N/C(N)=S)C2SC1)C(C)=O. The van der Waals surface area contributed by atoms with Crippen LogP contribution in [0.25, 0.3) is 0 Å². The molecule has 3 heterocycles. The Morgan fingerprint density at radius 3 is 2.55 bits per heavy atom. The minimum absolute atomic E-state index is 0.0136. The predicted octanol–water partition coefficient (Wildman–Crippen LogP) is -0.0151. The van der Waals surface area contributed by atoms with E-state index in [4.69, 9.17) is 25.0 Å². The molecular weight excluding hydrogens is 568 g/mol. The van der Waals surface area contributed by atoms with E-state index >= 15 is 0 Å². The standard InChI is InChI=1S/C23H26N6O9S2/c1-4-5-11(9(2)30)6-12-8-40-20-15(26-18(31)14(28-35)17(24)27-22(25)39)19(32)29(20)16(12)21(33)36-7-13-10(3)37-23(34)38-13/h6,15,20,35H,4-5,7-8H2,1-3H3,(H,26,31)(H4,24,25,27,39)/b11-6+,28-14-. The molecular formula is C23H26N6O9S2. The number of thiocarbonyl (C=S) groups is 1. The van der Waals surface area contributed by atoms with Gasteiger partial charge in [-0.05, 0) is 49.7 Å². The number of amidine groups is 1. The smallest absolute Gasteiger partial charge is 0.453 e. The Morgan fingerprint density at radius 1 is 1.30 bits per heavy atom. The number of oxime groups is 1. The summed E-state index contributed by atoms with van der Waals surface area (Å²) in [5.74, 6) is -4.10. The number of nitrogens with two attached hydrogens (primary N) is 2. The van der Waals surface area contributed by atoms with Crippen LogP contribution in [0.5, 0.6) is 0 Å². The summed E-state index contributed by atoms with van der Waals surface area (Å²) in [7, 11) is 0. The maximum atomic E-state index is 13.3. The van der Waals surface area contributed by atoms with Crippen molar-refractivity contribution in [1.29, 1.82) is 0 Å². The van der Waals surface area contributed by atoms with E-state index in [1.807, 2.05) is 6.92 Å². The number of nitrogens with one attached hydrogen (secondary N) is 1. The van der Waals surface area contributed by atoms with Gasteiger partial charge in [0.05, 0.1) is 0 Å². The molecule has 0 aromatic carbocycles. The van der Waals surface area contributed by atoms with Crippen molar-refractivity contribution in [3.8, 4) is 0 Å². The summed E-state index contributed by atoms with van der Waals surface area (Å²) in [5, 5.41) is 13.3. The van der Waals surface area contributed by atoms with E-state index in [9.17, 15) is 29.2 Å². The molecule has 2 aliphatic rings.